The molecule has 7 heteroatoms. The maximum absolute atomic E-state index is 12.8. The van der Waals surface area contributed by atoms with Crippen LogP contribution < -0.4 is 0 Å². The highest BCUT2D eigenvalue weighted by molar-refractivity contribution is 5.97. The van der Waals surface area contributed by atoms with E-state index in [9.17, 15) is 9.59 Å². The Labute approximate surface area is 159 Å². The number of imidazole rings is 1. The summed E-state index contributed by atoms with van der Waals surface area (Å²) in [5, 5.41) is 9.15. The van der Waals surface area contributed by atoms with E-state index in [1.54, 1.807) is 30.4 Å². The van der Waals surface area contributed by atoms with Gasteiger partial charge in [-0.1, -0.05) is 6.07 Å². The number of amides is 1. The van der Waals surface area contributed by atoms with Gasteiger partial charge in [0.15, 0.2) is 0 Å². The van der Waals surface area contributed by atoms with Gasteiger partial charge in [0, 0.05) is 32.4 Å². The third-order valence-corrected chi connectivity index (χ3v) is 5.38. The maximum Gasteiger partial charge on any atom is 0.335 e. The van der Waals surface area contributed by atoms with E-state index in [0.717, 1.165) is 25.1 Å². The summed E-state index contributed by atoms with van der Waals surface area (Å²) in [6.07, 6.45) is 5.83. The molecule has 2 atom stereocenters. The fourth-order valence-corrected chi connectivity index (χ4v) is 4.01. The quantitative estimate of drug-likeness (QED) is 0.874. The van der Waals surface area contributed by atoms with Crippen LogP contribution in [-0.4, -0.2) is 63.5 Å². The number of aryl methyl sites for hydroxylation is 1. The van der Waals surface area contributed by atoms with Crippen molar-refractivity contribution >= 4 is 11.9 Å². The van der Waals surface area contributed by atoms with Gasteiger partial charge in [0.1, 0.15) is 0 Å². The number of piperidine rings is 1. The van der Waals surface area contributed by atoms with Crippen LogP contribution in [0.4, 0.5) is 0 Å². The smallest absolute Gasteiger partial charge is 0.335 e. The summed E-state index contributed by atoms with van der Waals surface area (Å²) in [5.74, 6) is -0.900. The lowest BCUT2D eigenvalue weighted by molar-refractivity contribution is 0.0632. The molecule has 0 radical (unpaired) electrons. The second kappa shape index (κ2) is 7.92. The summed E-state index contributed by atoms with van der Waals surface area (Å²) in [6, 6.07) is 6.40. The molecular formula is C20H26N4O3. The minimum atomic E-state index is -1.03. The monoisotopic (exact) mass is 370 g/mol. The summed E-state index contributed by atoms with van der Waals surface area (Å²) in [5.41, 5.74) is 1.67. The molecule has 1 aromatic carbocycles. The van der Waals surface area contributed by atoms with E-state index in [4.69, 9.17) is 5.11 Å². The van der Waals surface area contributed by atoms with Crippen molar-refractivity contribution in [3.63, 3.8) is 0 Å². The van der Waals surface area contributed by atoms with Gasteiger partial charge in [-0.2, -0.15) is 0 Å². The van der Waals surface area contributed by atoms with Gasteiger partial charge in [0.25, 0.3) is 5.91 Å². The van der Waals surface area contributed by atoms with Gasteiger partial charge in [-0.25, -0.2) is 9.78 Å². The highest BCUT2D eigenvalue weighted by Crippen LogP contribution is 2.35. The molecule has 1 aliphatic heterocycles. The lowest BCUT2D eigenvalue weighted by atomic mass is 9.87. The number of likely N-dealkylation sites (tertiary alicyclic amines) is 1. The molecule has 1 aliphatic rings. The molecule has 144 valence electrons. The third kappa shape index (κ3) is 4.03. The molecule has 1 fully saturated rings. The normalized spacial score (nSPS) is 20.4. The minimum absolute atomic E-state index is 0.124. The maximum atomic E-state index is 12.8. The molecule has 27 heavy (non-hydrogen) atoms. The number of benzene rings is 1. The number of hydrogen-bond acceptors (Lipinski definition) is 4. The Kier molecular flexibility index (Phi) is 5.60. The Balaban J connectivity index is 1.78. The number of aromatic nitrogens is 2. The fourth-order valence-electron chi connectivity index (χ4n) is 4.01. The van der Waals surface area contributed by atoms with E-state index in [0.29, 0.717) is 12.1 Å². The zero-order valence-corrected chi connectivity index (χ0v) is 16.0. The van der Waals surface area contributed by atoms with Crippen LogP contribution in [-0.2, 0) is 7.05 Å². The first-order chi connectivity index (χ1) is 12.9. The second-order valence-corrected chi connectivity index (χ2v) is 7.33. The molecule has 0 saturated carbocycles. The van der Waals surface area contributed by atoms with Crippen molar-refractivity contribution in [1.82, 2.24) is 19.4 Å². The largest absolute Gasteiger partial charge is 0.478 e. The van der Waals surface area contributed by atoms with Gasteiger partial charge >= 0.3 is 5.97 Å². The van der Waals surface area contributed by atoms with Crippen LogP contribution in [0.5, 0.6) is 0 Å². The Morgan fingerprint density at radius 1 is 1.30 bits per heavy atom. The minimum Gasteiger partial charge on any atom is -0.478 e. The van der Waals surface area contributed by atoms with Crippen molar-refractivity contribution in [2.75, 3.05) is 27.2 Å². The summed E-state index contributed by atoms with van der Waals surface area (Å²) in [4.78, 5) is 32.3. The SMILES string of the molecule is CN(C[C@@H]1CCCN(C)[C@H]1c1cncn1C)C(=O)c1cccc(C(=O)O)c1. The number of carboxylic acids is 1. The molecule has 0 unspecified atom stereocenters. The highest BCUT2D eigenvalue weighted by atomic mass is 16.4. The zero-order chi connectivity index (χ0) is 19.6. The van der Waals surface area contributed by atoms with E-state index >= 15 is 0 Å². The predicted molar refractivity (Wildman–Crippen MR) is 102 cm³/mol. The molecule has 1 saturated heterocycles. The number of rotatable bonds is 5. The molecule has 2 heterocycles. The number of carbonyl (C=O) groups is 2. The van der Waals surface area contributed by atoms with Gasteiger partial charge in [-0.3, -0.25) is 9.69 Å². The van der Waals surface area contributed by atoms with Gasteiger partial charge in [0.05, 0.1) is 23.6 Å². The van der Waals surface area contributed by atoms with Crippen molar-refractivity contribution in [3.05, 3.63) is 53.6 Å². The molecule has 2 aromatic rings. The van der Waals surface area contributed by atoms with E-state index < -0.39 is 5.97 Å². The topological polar surface area (TPSA) is 78.7 Å². The van der Waals surface area contributed by atoms with Gasteiger partial charge < -0.3 is 14.6 Å². The average molecular weight is 370 g/mol. The number of aromatic carboxylic acids is 1. The van der Waals surface area contributed by atoms with E-state index in [-0.39, 0.29) is 23.4 Å². The Bertz CT molecular complexity index is 832. The first-order valence-corrected chi connectivity index (χ1v) is 9.13. The van der Waals surface area contributed by atoms with Crippen LogP contribution in [0.25, 0.3) is 0 Å². The molecule has 0 bridgehead atoms. The zero-order valence-electron chi connectivity index (χ0n) is 16.0. The van der Waals surface area contributed by atoms with Crippen LogP contribution in [0, 0.1) is 5.92 Å². The lowest BCUT2D eigenvalue weighted by Gasteiger charge is -2.40. The van der Waals surface area contributed by atoms with Crippen molar-refractivity contribution < 1.29 is 14.7 Å². The molecule has 1 N–H and O–H groups in total. The predicted octanol–water partition coefficient (Wildman–Crippen LogP) is 2.27. The van der Waals surface area contributed by atoms with Gasteiger partial charge in [-0.15, -0.1) is 0 Å². The van der Waals surface area contributed by atoms with E-state index in [2.05, 4.69) is 16.9 Å². The molecule has 7 nitrogen and oxygen atoms in total. The standard InChI is InChI=1S/C20H26N4O3/c1-22-9-5-8-16(18(22)17-11-21-13-24(17)3)12-23(2)19(25)14-6-4-7-15(10-14)20(26)27/h4,6-7,10-11,13,16,18H,5,8-9,12H2,1-3H3,(H,26,27)/t16-,18+/m0/s1. The molecule has 1 aromatic heterocycles. The van der Waals surface area contributed by atoms with Crippen LogP contribution in [0.1, 0.15) is 45.3 Å². The van der Waals surface area contributed by atoms with Crippen LogP contribution in [0.2, 0.25) is 0 Å². The third-order valence-electron chi connectivity index (χ3n) is 5.38. The molecular weight excluding hydrogens is 344 g/mol. The van der Waals surface area contributed by atoms with E-state index in [1.807, 2.05) is 17.8 Å². The van der Waals surface area contributed by atoms with Crippen molar-refractivity contribution in [2.24, 2.45) is 13.0 Å². The molecule has 0 aliphatic carbocycles. The first-order valence-electron chi connectivity index (χ1n) is 9.13. The van der Waals surface area contributed by atoms with Crippen molar-refractivity contribution in [2.45, 2.75) is 18.9 Å². The number of carboxylic acid groups (broad SMARTS) is 1. The first kappa shape index (κ1) is 19.1. The number of carbonyl (C=O) groups excluding carboxylic acids is 1. The van der Waals surface area contributed by atoms with Crippen LogP contribution in [0.15, 0.2) is 36.8 Å². The summed E-state index contributed by atoms with van der Waals surface area (Å²) in [7, 11) is 5.89. The number of hydrogen-bond donors (Lipinski definition) is 1. The van der Waals surface area contributed by atoms with Gasteiger partial charge in [-0.05, 0) is 50.6 Å². The van der Waals surface area contributed by atoms with Gasteiger partial charge in [0.2, 0.25) is 0 Å². The summed E-state index contributed by atoms with van der Waals surface area (Å²) < 4.78 is 2.04. The molecule has 1 amide bonds. The Morgan fingerprint density at radius 2 is 2.04 bits per heavy atom. The molecule has 0 spiro atoms. The van der Waals surface area contributed by atoms with Crippen LogP contribution >= 0.6 is 0 Å². The van der Waals surface area contributed by atoms with Crippen molar-refractivity contribution in [1.29, 1.82) is 0 Å². The number of nitrogens with zero attached hydrogens (tertiary/aromatic N) is 4. The highest BCUT2D eigenvalue weighted by Gasteiger charge is 2.33. The summed E-state index contributed by atoms with van der Waals surface area (Å²) >= 11 is 0. The lowest BCUT2D eigenvalue weighted by Crippen LogP contribution is -2.43. The van der Waals surface area contributed by atoms with E-state index in [1.165, 1.54) is 12.1 Å². The Morgan fingerprint density at radius 3 is 2.70 bits per heavy atom. The van der Waals surface area contributed by atoms with Crippen LogP contribution in [0.3, 0.4) is 0 Å². The summed E-state index contributed by atoms with van der Waals surface area (Å²) in [6.45, 7) is 1.63. The molecule has 3 rings (SSSR count). The van der Waals surface area contributed by atoms with Crippen molar-refractivity contribution in [3.8, 4) is 0 Å². The average Bonchev–Trinajstić information content (AvgIpc) is 3.06. The fraction of sp³-hybridized carbons (Fsp3) is 0.450. The Hall–Kier alpha value is -2.67. The second-order valence-electron chi connectivity index (χ2n) is 7.33.